The van der Waals surface area contributed by atoms with E-state index in [1.165, 1.54) is 55.6 Å². The highest BCUT2D eigenvalue weighted by Gasteiger charge is 2.49. The molecule has 0 saturated carbocycles. The zero-order valence-electron chi connectivity index (χ0n) is 27.1. The van der Waals surface area contributed by atoms with E-state index in [0.29, 0.717) is 5.70 Å². The molecule has 0 fully saturated rings. The van der Waals surface area contributed by atoms with Gasteiger partial charge in [-0.25, -0.2) is 0 Å². The van der Waals surface area contributed by atoms with Gasteiger partial charge in [0.15, 0.2) is 0 Å². The van der Waals surface area contributed by atoms with E-state index in [0.717, 1.165) is 23.1 Å². The minimum atomic E-state index is -0.355. The number of hydrogen-bond acceptors (Lipinski definition) is 2. The van der Waals surface area contributed by atoms with Crippen molar-refractivity contribution in [2.75, 3.05) is 0 Å². The molecule has 0 heterocycles. The van der Waals surface area contributed by atoms with Crippen LogP contribution in [0.3, 0.4) is 0 Å². The van der Waals surface area contributed by atoms with Gasteiger partial charge in [0.1, 0.15) is 0 Å². The molecule has 4 N–H and O–H groups in total. The van der Waals surface area contributed by atoms with Gasteiger partial charge in [-0.3, -0.25) is 0 Å². The van der Waals surface area contributed by atoms with Crippen LogP contribution in [0, 0.1) is 0 Å². The van der Waals surface area contributed by atoms with Crippen molar-refractivity contribution in [3.05, 3.63) is 214 Å². The average molecular weight is 609 g/mol. The summed E-state index contributed by atoms with van der Waals surface area (Å²) in [6.07, 6.45) is 12.9. The molecular weight excluding hydrogens is 569 g/mol. The summed E-state index contributed by atoms with van der Waals surface area (Å²) >= 11 is 0. The predicted molar refractivity (Wildman–Crippen MR) is 198 cm³/mol. The number of fused-ring (bicyclic) bond motifs is 9. The van der Waals surface area contributed by atoms with Crippen molar-refractivity contribution in [3.8, 4) is 22.3 Å². The first kappa shape index (κ1) is 30.2. The van der Waals surface area contributed by atoms with E-state index in [4.69, 9.17) is 11.5 Å². The molecule has 1 spiro atoms. The van der Waals surface area contributed by atoms with Crippen molar-refractivity contribution in [1.29, 1.82) is 0 Å². The maximum Gasteiger partial charge on any atom is 0.0719 e. The lowest BCUT2D eigenvalue weighted by molar-refractivity contribution is 0.722. The quantitative estimate of drug-likeness (QED) is 0.177. The van der Waals surface area contributed by atoms with Crippen molar-refractivity contribution in [3.63, 3.8) is 0 Å². The SMILES string of the molecule is C=C(N)C(/C=C\C)=C\C=C(C)\C=C/C(N)c1ccc(-c2ccc3c(c2)C2(c4ccccc4C3)c3ccccc3-c3ccccc32)cc1. The summed E-state index contributed by atoms with van der Waals surface area (Å²) in [7, 11) is 0. The van der Waals surface area contributed by atoms with Gasteiger partial charge in [-0.2, -0.15) is 0 Å². The van der Waals surface area contributed by atoms with Crippen LogP contribution in [-0.2, 0) is 11.8 Å². The summed E-state index contributed by atoms with van der Waals surface area (Å²) in [5.41, 5.74) is 29.1. The van der Waals surface area contributed by atoms with Gasteiger partial charge in [0.25, 0.3) is 0 Å². The maximum absolute atomic E-state index is 6.61. The van der Waals surface area contributed by atoms with Crippen LogP contribution in [0.15, 0.2) is 175 Å². The third kappa shape index (κ3) is 5.21. The first-order valence-electron chi connectivity index (χ1n) is 16.3. The Labute approximate surface area is 278 Å². The number of nitrogens with two attached hydrogens (primary N) is 2. The molecule has 2 nitrogen and oxygen atoms in total. The molecule has 0 saturated heterocycles. The Bertz CT molecular complexity index is 2070. The molecule has 0 bridgehead atoms. The fourth-order valence-electron chi connectivity index (χ4n) is 7.46. The van der Waals surface area contributed by atoms with E-state index in [-0.39, 0.29) is 11.5 Å². The Kier molecular flexibility index (Phi) is 7.97. The Morgan fingerprint density at radius 2 is 1.30 bits per heavy atom. The van der Waals surface area contributed by atoms with Crippen molar-refractivity contribution >= 4 is 0 Å². The first-order chi connectivity index (χ1) is 22.9. The molecule has 5 aromatic rings. The normalized spacial score (nSPS) is 15.4. The van der Waals surface area contributed by atoms with Crippen molar-refractivity contribution < 1.29 is 0 Å². The molecular formula is C45H40N2. The topological polar surface area (TPSA) is 52.0 Å². The third-order valence-electron chi connectivity index (χ3n) is 9.71. The van der Waals surface area contributed by atoms with Crippen LogP contribution >= 0.6 is 0 Å². The van der Waals surface area contributed by atoms with E-state index >= 15 is 0 Å². The summed E-state index contributed by atoms with van der Waals surface area (Å²) in [4.78, 5) is 0. The van der Waals surface area contributed by atoms with Crippen LogP contribution in [0.25, 0.3) is 22.3 Å². The van der Waals surface area contributed by atoms with E-state index in [2.05, 4.69) is 135 Å². The van der Waals surface area contributed by atoms with E-state index in [9.17, 15) is 0 Å². The number of hydrogen-bond donors (Lipinski definition) is 2. The molecule has 47 heavy (non-hydrogen) atoms. The molecule has 0 aliphatic heterocycles. The highest BCUT2D eigenvalue weighted by molar-refractivity contribution is 5.88. The third-order valence-corrected chi connectivity index (χ3v) is 9.71. The lowest BCUT2D eigenvalue weighted by Crippen LogP contribution is -2.34. The standard InChI is InChI=1S/C45H40N2/c1-4-11-32(31(3)46)20-18-30(2)19-27-44(47)34-23-21-33(22-24-34)35-25-26-37-28-36-12-5-8-15-40(36)45(43(37)29-35)41-16-9-6-13-38(41)39-14-7-10-17-42(39)45/h4-27,29,44H,3,28,46-47H2,1-2H3/b11-4-,27-19-,30-18+,32-20-. The Morgan fingerprint density at radius 3 is 1.96 bits per heavy atom. The van der Waals surface area contributed by atoms with Crippen LogP contribution in [-0.4, -0.2) is 0 Å². The smallest absolute Gasteiger partial charge is 0.0719 e. The monoisotopic (exact) mass is 608 g/mol. The molecule has 230 valence electrons. The average Bonchev–Trinajstić information content (AvgIpc) is 3.40. The van der Waals surface area contributed by atoms with Crippen LogP contribution < -0.4 is 11.5 Å². The van der Waals surface area contributed by atoms with Crippen LogP contribution in [0.5, 0.6) is 0 Å². The number of benzene rings is 5. The van der Waals surface area contributed by atoms with Crippen molar-refractivity contribution in [2.45, 2.75) is 31.7 Å². The molecule has 0 radical (unpaired) electrons. The Morgan fingerprint density at radius 1 is 0.702 bits per heavy atom. The van der Waals surface area contributed by atoms with Crippen molar-refractivity contribution in [2.24, 2.45) is 11.5 Å². The molecule has 2 aliphatic rings. The van der Waals surface area contributed by atoms with Crippen LogP contribution in [0.4, 0.5) is 0 Å². The number of allylic oxidation sites excluding steroid dienone is 6. The molecule has 2 aliphatic carbocycles. The second-order valence-corrected chi connectivity index (χ2v) is 12.6. The van der Waals surface area contributed by atoms with Gasteiger partial charge in [0.2, 0.25) is 0 Å². The van der Waals surface area contributed by atoms with Crippen molar-refractivity contribution in [1.82, 2.24) is 0 Å². The van der Waals surface area contributed by atoms with Gasteiger partial charge in [0, 0.05) is 11.7 Å². The molecule has 5 aromatic carbocycles. The van der Waals surface area contributed by atoms with Gasteiger partial charge >= 0.3 is 0 Å². The maximum atomic E-state index is 6.61. The lowest BCUT2D eigenvalue weighted by atomic mass is 9.61. The summed E-state index contributed by atoms with van der Waals surface area (Å²) < 4.78 is 0. The molecule has 0 aromatic heterocycles. The van der Waals surface area contributed by atoms with Gasteiger partial charge in [0.05, 0.1) is 5.41 Å². The highest BCUT2D eigenvalue weighted by atomic mass is 14.6. The molecule has 0 amide bonds. The van der Waals surface area contributed by atoms with Gasteiger partial charge in [-0.05, 0) is 93.1 Å². The summed E-state index contributed by atoms with van der Waals surface area (Å²) in [5, 5.41) is 0. The molecule has 2 heteroatoms. The second-order valence-electron chi connectivity index (χ2n) is 12.6. The summed E-state index contributed by atoms with van der Waals surface area (Å²) in [6, 6.07) is 42.5. The number of rotatable bonds is 7. The van der Waals surface area contributed by atoms with E-state index in [1.54, 1.807) is 0 Å². The summed E-state index contributed by atoms with van der Waals surface area (Å²) in [6.45, 7) is 7.87. The van der Waals surface area contributed by atoms with Gasteiger partial charge in [-0.1, -0.05) is 158 Å². The minimum Gasteiger partial charge on any atom is -0.399 e. The fraction of sp³-hybridized carbons (Fsp3) is 0.111. The fourth-order valence-corrected chi connectivity index (χ4v) is 7.46. The molecule has 7 rings (SSSR count). The second kappa shape index (κ2) is 12.4. The Balaban J connectivity index is 1.24. The zero-order chi connectivity index (χ0) is 32.5. The largest absolute Gasteiger partial charge is 0.399 e. The lowest BCUT2D eigenvalue weighted by Gasteiger charge is -2.40. The van der Waals surface area contributed by atoms with Gasteiger partial charge < -0.3 is 11.5 Å². The van der Waals surface area contributed by atoms with Crippen LogP contribution in [0.1, 0.15) is 58.8 Å². The highest BCUT2D eigenvalue weighted by Crippen LogP contribution is 2.59. The molecule has 1 unspecified atom stereocenters. The summed E-state index contributed by atoms with van der Waals surface area (Å²) in [5.74, 6) is 0. The predicted octanol–water partition coefficient (Wildman–Crippen LogP) is 10.1. The molecule has 1 atom stereocenters. The van der Waals surface area contributed by atoms with Crippen LogP contribution in [0.2, 0.25) is 0 Å². The first-order valence-corrected chi connectivity index (χ1v) is 16.3. The van der Waals surface area contributed by atoms with Gasteiger partial charge in [-0.15, -0.1) is 0 Å². The Hall–Kier alpha value is -5.44. The van der Waals surface area contributed by atoms with E-state index < -0.39 is 0 Å². The zero-order valence-corrected chi connectivity index (χ0v) is 27.1. The van der Waals surface area contributed by atoms with E-state index in [1.807, 2.05) is 37.3 Å². The minimum absolute atomic E-state index is 0.217.